The number of aromatic nitrogens is 3. The van der Waals surface area contributed by atoms with Gasteiger partial charge in [-0.3, -0.25) is 4.79 Å². The van der Waals surface area contributed by atoms with Crippen LogP contribution in [0.2, 0.25) is 0 Å². The second-order valence-corrected chi connectivity index (χ2v) is 6.41. The van der Waals surface area contributed by atoms with Gasteiger partial charge in [-0.2, -0.15) is 0 Å². The van der Waals surface area contributed by atoms with Crippen LogP contribution in [0.15, 0.2) is 23.0 Å². The van der Waals surface area contributed by atoms with Gasteiger partial charge in [0.25, 0.3) is 0 Å². The van der Waals surface area contributed by atoms with Crippen molar-refractivity contribution in [3.05, 3.63) is 34.2 Å². The number of amides is 1. The molecule has 8 heteroatoms. The number of rotatable bonds is 3. The summed E-state index contributed by atoms with van der Waals surface area (Å²) in [5.74, 6) is 0.998. The second-order valence-electron chi connectivity index (χ2n) is 6.41. The molecule has 1 N–H and O–H groups in total. The van der Waals surface area contributed by atoms with Crippen molar-refractivity contribution in [2.24, 2.45) is 0 Å². The van der Waals surface area contributed by atoms with Crippen molar-refractivity contribution in [2.75, 3.05) is 6.79 Å². The van der Waals surface area contributed by atoms with Crippen LogP contribution in [0.25, 0.3) is 16.6 Å². The number of benzene rings is 1. The molecule has 0 saturated carbocycles. The Morgan fingerprint density at radius 1 is 1.28 bits per heavy atom. The summed E-state index contributed by atoms with van der Waals surface area (Å²) in [7, 11) is 0. The normalized spacial score (nSPS) is 13.1. The molecule has 0 atom stereocenters. The number of hydrogen-bond acceptors (Lipinski definition) is 5. The van der Waals surface area contributed by atoms with Gasteiger partial charge < -0.3 is 14.8 Å². The van der Waals surface area contributed by atoms with Crippen LogP contribution in [-0.2, 0) is 11.3 Å². The molecule has 0 radical (unpaired) electrons. The first-order valence-corrected chi connectivity index (χ1v) is 8.06. The Balaban J connectivity index is 1.90. The van der Waals surface area contributed by atoms with Gasteiger partial charge in [-0.05, 0) is 38.5 Å². The molecule has 0 bridgehead atoms. The number of fused-ring (bicyclic) bond motifs is 4. The zero-order valence-corrected chi connectivity index (χ0v) is 14.2. The van der Waals surface area contributed by atoms with Gasteiger partial charge in [-0.15, -0.1) is 5.10 Å². The number of ether oxygens (including phenoxy) is 2. The lowest BCUT2D eigenvalue weighted by Crippen LogP contribution is -2.36. The SMILES string of the molecule is Cc1cc2cc3c(cc2n2c(=O)n(CC(=O)NC(C)C)nc12)OCO3. The number of nitrogens with zero attached hydrogens (tertiary/aromatic N) is 3. The topological polar surface area (TPSA) is 86.9 Å². The number of nitrogens with one attached hydrogen (secondary N) is 1. The summed E-state index contributed by atoms with van der Waals surface area (Å²) in [6, 6.07) is 5.56. The van der Waals surface area contributed by atoms with Crippen LogP contribution in [0, 0.1) is 6.92 Å². The minimum absolute atomic E-state index is 0.00235. The second kappa shape index (κ2) is 5.51. The third-order valence-corrected chi connectivity index (χ3v) is 4.07. The fourth-order valence-electron chi connectivity index (χ4n) is 3.04. The lowest BCUT2D eigenvalue weighted by molar-refractivity contribution is -0.122. The molecule has 2 aromatic heterocycles. The Hall–Kier alpha value is -3.03. The number of carbonyl (C=O) groups excluding carboxylic acids is 1. The van der Waals surface area contributed by atoms with E-state index in [-0.39, 0.29) is 31.0 Å². The molecule has 1 amide bonds. The van der Waals surface area contributed by atoms with E-state index in [1.807, 2.05) is 32.9 Å². The highest BCUT2D eigenvalue weighted by Gasteiger charge is 2.19. The van der Waals surface area contributed by atoms with Gasteiger partial charge in [-0.1, -0.05) is 0 Å². The molecule has 0 spiro atoms. The van der Waals surface area contributed by atoms with Crippen molar-refractivity contribution in [2.45, 2.75) is 33.4 Å². The molecule has 0 aliphatic carbocycles. The van der Waals surface area contributed by atoms with Crippen LogP contribution in [-0.4, -0.2) is 32.9 Å². The molecule has 8 nitrogen and oxygen atoms in total. The Kier molecular flexibility index (Phi) is 3.41. The van der Waals surface area contributed by atoms with Crippen molar-refractivity contribution < 1.29 is 14.3 Å². The van der Waals surface area contributed by atoms with Crippen molar-refractivity contribution in [1.82, 2.24) is 19.5 Å². The van der Waals surface area contributed by atoms with Crippen molar-refractivity contribution >= 4 is 22.5 Å². The Labute approximate surface area is 142 Å². The molecule has 130 valence electrons. The summed E-state index contributed by atoms with van der Waals surface area (Å²) in [4.78, 5) is 24.8. The number of aryl methyl sites for hydroxylation is 1. The summed E-state index contributed by atoms with van der Waals surface area (Å²) >= 11 is 0. The van der Waals surface area contributed by atoms with Crippen LogP contribution >= 0.6 is 0 Å². The summed E-state index contributed by atoms with van der Waals surface area (Å²) in [5, 5.41) is 7.95. The smallest absolute Gasteiger partial charge is 0.351 e. The first kappa shape index (κ1) is 15.5. The maximum atomic E-state index is 12.8. The Morgan fingerprint density at radius 3 is 2.72 bits per heavy atom. The van der Waals surface area contributed by atoms with Crippen molar-refractivity contribution in [3.8, 4) is 11.5 Å². The largest absolute Gasteiger partial charge is 0.454 e. The van der Waals surface area contributed by atoms with Crippen LogP contribution in [0.5, 0.6) is 11.5 Å². The Morgan fingerprint density at radius 2 is 2.00 bits per heavy atom. The molecular weight excluding hydrogens is 324 g/mol. The predicted octanol–water partition coefficient (Wildman–Crippen LogP) is 1.21. The summed E-state index contributed by atoms with van der Waals surface area (Å²) in [6.07, 6.45) is 0. The molecule has 4 rings (SSSR count). The minimum atomic E-state index is -0.360. The number of hydrogen-bond donors (Lipinski definition) is 1. The molecule has 0 fully saturated rings. The van der Waals surface area contributed by atoms with Gasteiger partial charge >= 0.3 is 5.69 Å². The van der Waals surface area contributed by atoms with Crippen molar-refractivity contribution in [3.63, 3.8) is 0 Å². The highest BCUT2D eigenvalue weighted by molar-refractivity contribution is 5.87. The van der Waals surface area contributed by atoms with Crippen LogP contribution in [0.1, 0.15) is 19.4 Å². The molecule has 0 unspecified atom stereocenters. The predicted molar refractivity (Wildman–Crippen MR) is 91.1 cm³/mol. The van der Waals surface area contributed by atoms with Crippen LogP contribution < -0.4 is 20.5 Å². The van der Waals surface area contributed by atoms with E-state index in [2.05, 4.69) is 10.4 Å². The quantitative estimate of drug-likeness (QED) is 0.773. The first-order valence-electron chi connectivity index (χ1n) is 8.06. The summed E-state index contributed by atoms with van der Waals surface area (Å²) < 4.78 is 13.5. The standard InChI is InChI=1S/C17H18N4O4/c1-9(2)18-15(22)7-20-17(23)21-12-6-14-13(24-8-25-14)5-11(12)4-10(3)16(21)19-20/h4-6,9H,7-8H2,1-3H3,(H,18,22). The third kappa shape index (κ3) is 2.50. The summed E-state index contributed by atoms with van der Waals surface area (Å²) in [6.45, 7) is 5.65. The van der Waals surface area contributed by atoms with Gasteiger partial charge in [0.2, 0.25) is 12.7 Å². The third-order valence-electron chi connectivity index (χ3n) is 4.07. The molecule has 3 aromatic rings. The van der Waals surface area contributed by atoms with Gasteiger partial charge in [-0.25, -0.2) is 13.9 Å². The maximum Gasteiger partial charge on any atom is 0.351 e. The van der Waals surface area contributed by atoms with E-state index >= 15 is 0 Å². The fraction of sp³-hybridized carbons (Fsp3) is 0.353. The van der Waals surface area contributed by atoms with E-state index in [9.17, 15) is 9.59 Å². The minimum Gasteiger partial charge on any atom is -0.454 e. The van der Waals surface area contributed by atoms with E-state index < -0.39 is 0 Å². The van der Waals surface area contributed by atoms with Gasteiger partial charge in [0.05, 0.1) is 5.52 Å². The highest BCUT2D eigenvalue weighted by atomic mass is 16.7. The van der Waals surface area contributed by atoms with Gasteiger partial charge in [0.15, 0.2) is 17.1 Å². The lowest BCUT2D eigenvalue weighted by atomic mass is 10.1. The van der Waals surface area contributed by atoms with Crippen LogP contribution in [0.3, 0.4) is 0 Å². The van der Waals surface area contributed by atoms with E-state index in [1.165, 1.54) is 9.08 Å². The molecule has 1 aromatic carbocycles. The number of carbonyl (C=O) groups is 1. The molecule has 1 aliphatic heterocycles. The highest BCUT2D eigenvalue weighted by Crippen LogP contribution is 2.36. The summed E-state index contributed by atoms with van der Waals surface area (Å²) in [5.41, 5.74) is 1.67. The van der Waals surface area contributed by atoms with Gasteiger partial charge in [0.1, 0.15) is 6.54 Å². The van der Waals surface area contributed by atoms with Crippen molar-refractivity contribution in [1.29, 1.82) is 0 Å². The first-order chi connectivity index (χ1) is 11.9. The average molecular weight is 342 g/mol. The molecule has 0 saturated heterocycles. The fourth-order valence-corrected chi connectivity index (χ4v) is 3.04. The zero-order valence-electron chi connectivity index (χ0n) is 14.2. The Bertz CT molecular complexity index is 1060. The average Bonchev–Trinajstić information content (AvgIpc) is 3.10. The zero-order chi connectivity index (χ0) is 17.7. The monoisotopic (exact) mass is 342 g/mol. The molecule has 3 heterocycles. The van der Waals surface area contributed by atoms with E-state index in [0.717, 1.165) is 10.9 Å². The molecule has 25 heavy (non-hydrogen) atoms. The maximum absolute atomic E-state index is 12.8. The van der Waals surface area contributed by atoms with E-state index in [0.29, 0.717) is 22.7 Å². The molecule has 1 aliphatic rings. The number of pyridine rings is 1. The lowest BCUT2D eigenvalue weighted by Gasteiger charge is -2.06. The van der Waals surface area contributed by atoms with E-state index in [1.54, 1.807) is 6.07 Å². The van der Waals surface area contributed by atoms with Crippen LogP contribution in [0.4, 0.5) is 0 Å². The van der Waals surface area contributed by atoms with Gasteiger partial charge in [0, 0.05) is 17.5 Å². The molecular formula is C17H18N4O4. The van der Waals surface area contributed by atoms with E-state index in [4.69, 9.17) is 9.47 Å².